The van der Waals surface area contributed by atoms with E-state index in [-0.39, 0.29) is 12.4 Å². The zero-order valence-electron chi connectivity index (χ0n) is 11.1. The molecule has 1 aromatic carbocycles. The lowest BCUT2D eigenvalue weighted by Crippen LogP contribution is -1.97. The van der Waals surface area contributed by atoms with Crippen molar-refractivity contribution < 1.29 is 9.13 Å². The molecule has 0 spiro atoms. The number of rotatable bonds is 6. The van der Waals surface area contributed by atoms with Crippen molar-refractivity contribution in [2.45, 2.75) is 6.42 Å². The van der Waals surface area contributed by atoms with Gasteiger partial charge in [-0.2, -0.15) is 0 Å². The molecule has 1 heterocycles. The van der Waals surface area contributed by atoms with Crippen molar-refractivity contribution in [3.63, 3.8) is 0 Å². The number of hydrogen-bond acceptors (Lipinski definition) is 3. The van der Waals surface area contributed by atoms with Crippen LogP contribution in [0, 0.1) is 5.82 Å². The number of aromatic nitrogens is 2. The summed E-state index contributed by atoms with van der Waals surface area (Å²) in [4.78, 5) is 8.44. The van der Waals surface area contributed by atoms with E-state index in [1.807, 2.05) is 0 Å². The Labute approximate surface area is 117 Å². The monoisotopic (exact) mass is 270 g/mol. The predicted octanol–water partition coefficient (Wildman–Crippen LogP) is 3.58. The Morgan fingerprint density at radius 2 is 1.90 bits per heavy atom. The molecule has 3 nitrogen and oxygen atoms in total. The highest BCUT2D eigenvalue weighted by atomic mass is 19.1. The Morgan fingerprint density at radius 3 is 2.50 bits per heavy atom. The molecule has 0 saturated carbocycles. The molecule has 0 saturated heterocycles. The van der Waals surface area contributed by atoms with Crippen LogP contribution in [0.15, 0.2) is 55.9 Å². The summed E-state index contributed by atoms with van der Waals surface area (Å²) >= 11 is 0. The number of benzene rings is 1. The van der Waals surface area contributed by atoms with Crippen molar-refractivity contribution in [3.8, 4) is 17.1 Å². The fourth-order valence-electron chi connectivity index (χ4n) is 1.68. The van der Waals surface area contributed by atoms with Gasteiger partial charge in [0, 0.05) is 18.0 Å². The smallest absolute Gasteiger partial charge is 0.165 e. The van der Waals surface area contributed by atoms with Crippen LogP contribution in [0.1, 0.15) is 5.56 Å². The Bertz CT molecular complexity index is 608. The van der Waals surface area contributed by atoms with Crippen molar-refractivity contribution in [2.75, 3.05) is 6.61 Å². The third kappa shape index (κ3) is 3.29. The minimum atomic E-state index is -0.442. The maximum atomic E-state index is 13.8. The molecule has 0 amide bonds. The lowest BCUT2D eigenvalue weighted by atomic mass is 10.2. The molecule has 20 heavy (non-hydrogen) atoms. The van der Waals surface area contributed by atoms with Gasteiger partial charge in [-0.25, -0.2) is 14.4 Å². The fraction of sp³-hybridized carbons (Fsp3) is 0.125. The van der Waals surface area contributed by atoms with Crippen molar-refractivity contribution in [1.29, 1.82) is 0 Å². The molecule has 0 atom stereocenters. The number of ether oxygens (including phenoxy) is 1. The van der Waals surface area contributed by atoms with Crippen LogP contribution in [0.2, 0.25) is 0 Å². The van der Waals surface area contributed by atoms with Crippen LogP contribution in [-0.4, -0.2) is 16.6 Å². The zero-order valence-corrected chi connectivity index (χ0v) is 11.1. The van der Waals surface area contributed by atoms with E-state index >= 15 is 0 Å². The fourth-order valence-corrected chi connectivity index (χ4v) is 1.68. The second-order valence-electron chi connectivity index (χ2n) is 4.15. The van der Waals surface area contributed by atoms with Gasteiger partial charge in [-0.15, -0.1) is 6.58 Å². The zero-order chi connectivity index (χ0) is 14.4. The first-order valence-corrected chi connectivity index (χ1v) is 6.20. The molecule has 0 N–H and O–H groups in total. The highest BCUT2D eigenvalue weighted by Crippen LogP contribution is 2.23. The number of hydrogen-bond donors (Lipinski definition) is 0. The normalized spacial score (nSPS) is 10.1. The first kappa shape index (κ1) is 13.9. The lowest BCUT2D eigenvalue weighted by molar-refractivity contribution is 0.342. The SMILES string of the molecule is C=CCOc1ccc(-c2ncc(CC=C)cn2)cc1F. The van der Waals surface area contributed by atoms with Crippen molar-refractivity contribution in [1.82, 2.24) is 9.97 Å². The average molecular weight is 270 g/mol. The highest BCUT2D eigenvalue weighted by molar-refractivity contribution is 5.56. The van der Waals surface area contributed by atoms with E-state index in [9.17, 15) is 4.39 Å². The van der Waals surface area contributed by atoms with Gasteiger partial charge in [0.25, 0.3) is 0 Å². The summed E-state index contributed by atoms with van der Waals surface area (Å²) in [6.07, 6.45) is 7.48. The molecule has 4 heteroatoms. The quantitative estimate of drug-likeness (QED) is 0.753. The van der Waals surface area contributed by atoms with Gasteiger partial charge in [-0.05, 0) is 30.2 Å². The standard InChI is InChI=1S/C16H15FN2O/c1-3-5-12-10-18-16(19-11-12)13-6-7-15(14(17)9-13)20-8-4-2/h3-4,6-7,9-11H,1-2,5,8H2. The van der Waals surface area contributed by atoms with E-state index in [1.54, 1.807) is 36.7 Å². The lowest BCUT2D eigenvalue weighted by Gasteiger charge is -2.06. The number of nitrogens with zero attached hydrogens (tertiary/aromatic N) is 2. The molecule has 0 unspecified atom stereocenters. The minimum Gasteiger partial charge on any atom is -0.486 e. The molecule has 0 fully saturated rings. The number of allylic oxidation sites excluding steroid dienone is 1. The van der Waals surface area contributed by atoms with Crippen LogP contribution in [0.4, 0.5) is 4.39 Å². The van der Waals surface area contributed by atoms with E-state index in [1.165, 1.54) is 6.07 Å². The van der Waals surface area contributed by atoms with Gasteiger partial charge < -0.3 is 4.74 Å². The third-order valence-electron chi connectivity index (χ3n) is 2.63. The van der Waals surface area contributed by atoms with Gasteiger partial charge in [0.1, 0.15) is 6.61 Å². The number of halogens is 1. The largest absolute Gasteiger partial charge is 0.486 e. The Balaban J connectivity index is 2.22. The van der Waals surface area contributed by atoms with Crippen LogP contribution >= 0.6 is 0 Å². The van der Waals surface area contributed by atoms with Crippen molar-refractivity contribution in [2.24, 2.45) is 0 Å². The molecule has 0 aliphatic rings. The van der Waals surface area contributed by atoms with Gasteiger partial charge in [0.15, 0.2) is 17.4 Å². The Morgan fingerprint density at radius 1 is 1.15 bits per heavy atom. The molecule has 0 radical (unpaired) electrons. The summed E-state index contributed by atoms with van der Waals surface area (Å²) in [6, 6.07) is 4.65. The van der Waals surface area contributed by atoms with Gasteiger partial charge in [-0.3, -0.25) is 0 Å². The van der Waals surface area contributed by atoms with Gasteiger partial charge in [0.2, 0.25) is 0 Å². The van der Waals surface area contributed by atoms with Gasteiger partial charge in [0.05, 0.1) is 0 Å². The van der Waals surface area contributed by atoms with E-state index in [0.29, 0.717) is 17.8 Å². The van der Waals surface area contributed by atoms with Gasteiger partial charge >= 0.3 is 0 Å². The molecule has 2 aromatic rings. The molecule has 0 aliphatic carbocycles. The van der Waals surface area contributed by atoms with Crippen LogP contribution in [-0.2, 0) is 6.42 Å². The summed E-state index contributed by atoms with van der Waals surface area (Å²) in [5, 5.41) is 0. The maximum Gasteiger partial charge on any atom is 0.165 e. The van der Waals surface area contributed by atoms with E-state index in [0.717, 1.165) is 5.56 Å². The third-order valence-corrected chi connectivity index (χ3v) is 2.63. The molecular weight excluding hydrogens is 255 g/mol. The van der Waals surface area contributed by atoms with Crippen LogP contribution in [0.3, 0.4) is 0 Å². The first-order valence-electron chi connectivity index (χ1n) is 6.20. The molecule has 0 aliphatic heterocycles. The summed E-state index contributed by atoms with van der Waals surface area (Å²) in [6.45, 7) is 7.44. The Hall–Kier alpha value is -2.49. The molecule has 0 bridgehead atoms. The van der Waals surface area contributed by atoms with Crippen molar-refractivity contribution >= 4 is 0 Å². The topological polar surface area (TPSA) is 35.0 Å². The highest BCUT2D eigenvalue weighted by Gasteiger charge is 2.07. The summed E-state index contributed by atoms with van der Waals surface area (Å²) in [5.74, 6) is 0.229. The van der Waals surface area contributed by atoms with Gasteiger partial charge in [-0.1, -0.05) is 18.7 Å². The summed E-state index contributed by atoms with van der Waals surface area (Å²) in [7, 11) is 0. The van der Waals surface area contributed by atoms with E-state index in [2.05, 4.69) is 23.1 Å². The van der Waals surface area contributed by atoms with E-state index < -0.39 is 5.82 Å². The summed E-state index contributed by atoms with van der Waals surface area (Å²) < 4.78 is 19.0. The minimum absolute atomic E-state index is 0.192. The second kappa shape index (κ2) is 6.61. The molecule has 102 valence electrons. The average Bonchev–Trinajstić information content (AvgIpc) is 2.47. The van der Waals surface area contributed by atoms with Crippen LogP contribution in [0.25, 0.3) is 11.4 Å². The predicted molar refractivity (Wildman–Crippen MR) is 77.0 cm³/mol. The van der Waals surface area contributed by atoms with Crippen molar-refractivity contribution in [3.05, 3.63) is 67.3 Å². The molecule has 2 rings (SSSR count). The first-order chi connectivity index (χ1) is 9.74. The molecular formula is C16H15FN2O. The maximum absolute atomic E-state index is 13.8. The Kier molecular flexibility index (Phi) is 4.60. The van der Waals surface area contributed by atoms with E-state index in [4.69, 9.17) is 4.74 Å². The second-order valence-corrected chi connectivity index (χ2v) is 4.15. The van der Waals surface area contributed by atoms with Crippen LogP contribution in [0.5, 0.6) is 5.75 Å². The van der Waals surface area contributed by atoms with Crippen LogP contribution < -0.4 is 4.74 Å². The summed E-state index contributed by atoms with van der Waals surface area (Å²) in [5.41, 5.74) is 1.58. The molecule has 1 aromatic heterocycles.